The summed E-state index contributed by atoms with van der Waals surface area (Å²) in [6.07, 6.45) is 0. The lowest BCUT2D eigenvalue weighted by molar-refractivity contribution is 0.432. The van der Waals surface area contributed by atoms with Gasteiger partial charge in [-0.1, -0.05) is 21.1 Å². The summed E-state index contributed by atoms with van der Waals surface area (Å²) in [7, 11) is 1.85. The van der Waals surface area contributed by atoms with Crippen LogP contribution in [0.15, 0.2) is 33.3 Å². The summed E-state index contributed by atoms with van der Waals surface area (Å²) in [4.78, 5) is 4.46. The number of nitrogens with one attached hydrogen (secondary N) is 1. The maximum Gasteiger partial charge on any atom is 0.263 e. The molecular formula is C13H11BrN4OS. The van der Waals surface area contributed by atoms with E-state index >= 15 is 0 Å². The van der Waals surface area contributed by atoms with Gasteiger partial charge in [-0.15, -0.1) is 0 Å². The molecule has 0 saturated heterocycles. The molecule has 0 spiro atoms. The summed E-state index contributed by atoms with van der Waals surface area (Å²) in [5, 5.41) is 8.05. The molecule has 1 aromatic carbocycles. The van der Waals surface area contributed by atoms with Crippen molar-refractivity contribution in [3.63, 3.8) is 0 Å². The van der Waals surface area contributed by atoms with Crippen LogP contribution in [0.3, 0.4) is 0 Å². The maximum absolute atomic E-state index is 5.37. The van der Waals surface area contributed by atoms with Crippen LogP contribution in [0.5, 0.6) is 0 Å². The van der Waals surface area contributed by atoms with Crippen LogP contribution in [-0.4, -0.2) is 21.6 Å². The molecule has 20 heavy (non-hydrogen) atoms. The average Bonchev–Trinajstić information content (AvgIpc) is 3.05. The molecule has 0 radical (unpaired) electrons. The maximum atomic E-state index is 5.37. The lowest BCUT2D eigenvalue weighted by Crippen LogP contribution is -1.88. The van der Waals surface area contributed by atoms with Crippen LogP contribution < -0.4 is 5.32 Å². The number of benzene rings is 1. The van der Waals surface area contributed by atoms with Gasteiger partial charge in [-0.3, -0.25) is 0 Å². The zero-order chi connectivity index (χ0) is 14.1. The van der Waals surface area contributed by atoms with E-state index in [-0.39, 0.29) is 0 Å². The van der Waals surface area contributed by atoms with E-state index in [1.807, 2.05) is 38.2 Å². The highest BCUT2D eigenvalue weighted by Gasteiger charge is 2.18. The Hall–Kier alpha value is -1.73. The van der Waals surface area contributed by atoms with Gasteiger partial charge in [0.15, 0.2) is 0 Å². The Morgan fingerprint density at radius 3 is 2.70 bits per heavy atom. The van der Waals surface area contributed by atoms with E-state index in [4.69, 9.17) is 4.52 Å². The van der Waals surface area contributed by atoms with Gasteiger partial charge in [0.05, 0.1) is 11.3 Å². The number of hydrogen-bond acceptors (Lipinski definition) is 6. The molecule has 102 valence electrons. The average molecular weight is 351 g/mol. The van der Waals surface area contributed by atoms with Crippen molar-refractivity contribution in [3.05, 3.63) is 34.4 Å². The predicted molar refractivity (Wildman–Crippen MR) is 82.8 cm³/mol. The summed E-state index contributed by atoms with van der Waals surface area (Å²) >= 11 is 4.79. The molecule has 3 rings (SSSR count). The van der Waals surface area contributed by atoms with Gasteiger partial charge in [0.25, 0.3) is 5.89 Å². The minimum absolute atomic E-state index is 0.485. The number of aromatic nitrogens is 3. The minimum atomic E-state index is 0.485. The first-order valence-corrected chi connectivity index (χ1v) is 7.49. The summed E-state index contributed by atoms with van der Waals surface area (Å²) in [6, 6.07) is 7.77. The van der Waals surface area contributed by atoms with Crippen molar-refractivity contribution >= 4 is 32.5 Å². The van der Waals surface area contributed by atoms with Gasteiger partial charge in [-0.25, -0.2) is 0 Å². The van der Waals surface area contributed by atoms with Crippen molar-refractivity contribution < 1.29 is 4.52 Å². The van der Waals surface area contributed by atoms with Crippen LogP contribution in [-0.2, 0) is 0 Å². The Morgan fingerprint density at radius 1 is 1.25 bits per heavy atom. The van der Waals surface area contributed by atoms with Crippen LogP contribution in [0.2, 0.25) is 0 Å². The van der Waals surface area contributed by atoms with E-state index in [0.29, 0.717) is 11.7 Å². The second kappa shape index (κ2) is 5.34. The molecular weight excluding hydrogens is 340 g/mol. The molecule has 0 fully saturated rings. The molecule has 0 saturated carbocycles. The quantitative estimate of drug-likeness (QED) is 0.774. The monoisotopic (exact) mass is 350 g/mol. The van der Waals surface area contributed by atoms with E-state index in [9.17, 15) is 0 Å². The number of hydrogen-bond donors (Lipinski definition) is 1. The van der Waals surface area contributed by atoms with Crippen molar-refractivity contribution in [2.24, 2.45) is 0 Å². The summed E-state index contributed by atoms with van der Waals surface area (Å²) in [6.45, 7) is 1.93. The first-order chi connectivity index (χ1) is 9.69. The third-order valence-corrected chi connectivity index (χ3v) is 4.32. The van der Waals surface area contributed by atoms with Crippen LogP contribution >= 0.6 is 27.5 Å². The van der Waals surface area contributed by atoms with E-state index in [1.165, 1.54) is 11.5 Å². The topological polar surface area (TPSA) is 63.8 Å². The first kappa shape index (κ1) is 13.3. The van der Waals surface area contributed by atoms with Gasteiger partial charge >= 0.3 is 0 Å². The Balaban J connectivity index is 2.02. The standard InChI is InChI=1S/C13H11BrN4OS/c1-7-10(13(15-2)20-18-7)12-16-11(17-19-12)8-3-5-9(14)6-4-8/h3-6,15H,1-2H3. The first-order valence-electron chi connectivity index (χ1n) is 5.93. The highest BCUT2D eigenvalue weighted by atomic mass is 79.9. The predicted octanol–water partition coefficient (Wildman–Crippen LogP) is 3.97. The van der Waals surface area contributed by atoms with E-state index in [2.05, 4.69) is 35.8 Å². The summed E-state index contributed by atoms with van der Waals surface area (Å²) < 4.78 is 10.7. The molecule has 1 N–H and O–H groups in total. The SMILES string of the molecule is CNc1snc(C)c1-c1nc(-c2ccc(Br)cc2)no1. The Kier molecular flexibility index (Phi) is 3.54. The van der Waals surface area contributed by atoms with Crippen molar-refractivity contribution in [2.45, 2.75) is 6.92 Å². The number of nitrogens with zero attached hydrogens (tertiary/aromatic N) is 3. The molecule has 0 amide bonds. The highest BCUT2D eigenvalue weighted by Crippen LogP contribution is 2.34. The van der Waals surface area contributed by atoms with E-state index < -0.39 is 0 Å². The van der Waals surface area contributed by atoms with Crippen molar-refractivity contribution in [1.82, 2.24) is 14.5 Å². The van der Waals surface area contributed by atoms with E-state index in [0.717, 1.165) is 26.3 Å². The Bertz CT molecular complexity index is 735. The molecule has 0 unspecified atom stereocenters. The van der Waals surface area contributed by atoms with Gasteiger partial charge in [-0.05, 0) is 42.7 Å². The van der Waals surface area contributed by atoms with Gasteiger partial charge < -0.3 is 9.84 Å². The number of rotatable bonds is 3. The number of aryl methyl sites for hydroxylation is 1. The van der Waals surface area contributed by atoms with Gasteiger partial charge in [0.2, 0.25) is 5.82 Å². The molecule has 5 nitrogen and oxygen atoms in total. The van der Waals surface area contributed by atoms with Crippen molar-refractivity contribution in [3.8, 4) is 22.8 Å². The van der Waals surface area contributed by atoms with Crippen molar-refractivity contribution in [2.75, 3.05) is 12.4 Å². The fourth-order valence-electron chi connectivity index (χ4n) is 1.83. The Labute approximate surface area is 128 Å². The minimum Gasteiger partial charge on any atom is -0.378 e. The molecule has 7 heteroatoms. The van der Waals surface area contributed by atoms with Crippen LogP contribution in [0.25, 0.3) is 22.8 Å². The van der Waals surface area contributed by atoms with Crippen LogP contribution in [0.1, 0.15) is 5.69 Å². The zero-order valence-corrected chi connectivity index (χ0v) is 13.2. The van der Waals surface area contributed by atoms with Gasteiger partial charge in [0.1, 0.15) is 5.00 Å². The third kappa shape index (κ3) is 2.34. The molecule has 0 atom stereocenters. The molecule has 0 aliphatic heterocycles. The molecule has 2 aromatic heterocycles. The lowest BCUT2D eigenvalue weighted by atomic mass is 10.2. The van der Waals surface area contributed by atoms with Gasteiger partial charge in [-0.2, -0.15) is 9.36 Å². The van der Waals surface area contributed by atoms with Crippen LogP contribution in [0.4, 0.5) is 5.00 Å². The fourth-order valence-corrected chi connectivity index (χ4v) is 2.83. The Morgan fingerprint density at radius 2 is 2.00 bits per heavy atom. The largest absolute Gasteiger partial charge is 0.378 e. The van der Waals surface area contributed by atoms with E-state index in [1.54, 1.807) is 0 Å². The second-order valence-electron chi connectivity index (χ2n) is 4.15. The molecule has 0 bridgehead atoms. The smallest absolute Gasteiger partial charge is 0.263 e. The lowest BCUT2D eigenvalue weighted by Gasteiger charge is -1.97. The number of halogens is 1. The molecule has 0 aliphatic carbocycles. The summed E-state index contributed by atoms with van der Waals surface area (Å²) in [5.74, 6) is 1.05. The second-order valence-corrected chi connectivity index (χ2v) is 5.84. The van der Waals surface area contributed by atoms with Gasteiger partial charge in [0, 0.05) is 17.1 Å². The highest BCUT2D eigenvalue weighted by molar-refractivity contribution is 9.10. The fraction of sp³-hybridized carbons (Fsp3) is 0.154. The molecule has 2 heterocycles. The zero-order valence-electron chi connectivity index (χ0n) is 10.8. The third-order valence-electron chi connectivity index (χ3n) is 2.83. The molecule has 3 aromatic rings. The van der Waals surface area contributed by atoms with Crippen LogP contribution in [0, 0.1) is 6.92 Å². The van der Waals surface area contributed by atoms with Crippen molar-refractivity contribution in [1.29, 1.82) is 0 Å². The molecule has 0 aliphatic rings. The normalized spacial score (nSPS) is 10.8. The summed E-state index contributed by atoms with van der Waals surface area (Å²) in [5.41, 5.74) is 2.66. The number of anilines is 1.